The Morgan fingerprint density at radius 2 is 2.00 bits per heavy atom. The third-order valence-electron chi connectivity index (χ3n) is 1.55. The molecule has 4 heteroatoms. The van der Waals surface area contributed by atoms with E-state index in [1.165, 1.54) is 0 Å². The summed E-state index contributed by atoms with van der Waals surface area (Å²) in [5.41, 5.74) is 0. The van der Waals surface area contributed by atoms with Crippen molar-refractivity contribution in [2.75, 3.05) is 13.4 Å². The van der Waals surface area contributed by atoms with Gasteiger partial charge in [-0.05, 0) is 19.1 Å². The van der Waals surface area contributed by atoms with Crippen LogP contribution in [0.15, 0.2) is 30.3 Å². The van der Waals surface area contributed by atoms with Gasteiger partial charge in [-0.1, -0.05) is 18.2 Å². The van der Waals surface area contributed by atoms with Crippen LogP contribution in [0.3, 0.4) is 0 Å². The molecular weight excluding hydrogens is 179 g/mol. The fourth-order valence-electron chi connectivity index (χ4n) is 0.890. The molecule has 0 aliphatic rings. The van der Waals surface area contributed by atoms with Crippen LogP contribution < -0.4 is 4.74 Å². The molecule has 3 nitrogen and oxygen atoms in total. The Kier molecular flexibility index (Phi) is 5.11. The zero-order valence-electron chi connectivity index (χ0n) is 7.89. The Morgan fingerprint density at radius 3 is 2.64 bits per heavy atom. The van der Waals surface area contributed by atoms with Crippen LogP contribution in [0.25, 0.3) is 0 Å². The first-order valence-corrected chi connectivity index (χ1v) is 4.27. The topological polar surface area (TPSA) is 27.7 Å². The van der Waals surface area contributed by atoms with E-state index in [1.807, 2.05) is 30.3 Å². The van der Waals surface area contributed by atoms with Gasteiger partial charge in [-0.2, -0.15) is 0 Å². The van der Waals surface area contributed by atoms with Crippen molar-refractivity contribution in [3.8, 4) is 5.75 Å². The molecular formula is C10H12BO3. The van der Waals surface area contributed by atoms with Gasteiger partial charge in [-0.3, -0.25) is 0 Å². The van der Waals surface area contributed by atoms with Crippen LogP contribution in [0.5, 0.6) is 5.75 Å². The molecule has 0 heterocycles. The maximum atomic E-state index is 5.38. The average Bonchev–Trinajstić information content (AvgIpc) is 2.25. The first-order valence-electron chi connectivity index (χ1n) is 4.27. The van der Waals surface area contributed by atoms with Crippen molar-refractivity contribution < 1.29 is 14.1 Å². The van der Waals surface area contributed by atoms with E-state index in [1.54, 1.807) is 0 Å². The minimum atomic E-state index is -0.293. The van der Waals surface area contributed by atoms with Gasteiger partial charge in [0.1, 0.15) is 19.1 Å². The molecule has 0 aliphatic carbocycles. The lowest BCUT2D eigenvalue weighted by Gasteiger charge is -2.13. The third kappa shape index (κ3) is 4.30. The van der Waals surface area contributed by atoms with Gasteiger partial charge < -0.3 is 14.1 Å². The second kappa shape index (κ2) is 6.46. The van der Waals surface area contributed by atoms with E-state index in [0.29, 0.717) is 6.61 Å². The Bertz CT molecular complexity index is 240. The van der Waals surface area contributed by atoms with Crippen LogP contribution in [0, 0.1) is 6.92 Å². The Labute approximate surface area is 85.4 Å². The van der Waals surface area contributed by atoms with Crippen LogP contribution in [0.2, 0.25) is 0 Å². The monoisotopic (exact) mass is 191 g/mol. The largest absolute Gasteiger partial charge is 0.491 e. The lowest BCUT2D eigenvalue weighted by Crippen LogP contribution is -2.19. The van der Waals surface area contributed by atoms with Gasteiger partial charge >= 0.3 is 0 Å². The lowest BCUT2D eigenvalue weighted by atomic mass is 10.3. The maximum Gasteiger partial charge on any atom is 0.285 e. The Hall–Kier alpha value is -0.995. The maximum absolute atomic E-state index is 5.38. The molecule has 3 radical (unpaired) electrons. The second-order valence-electron chi connectivity index (χ2n) is 2.70. The fraction of sp³-hybridized carbons (Fsp3) is 0.300. The summed E-state index contributed by atoms with van der Waals surface area (Å²) in [6.07, 6.45) is -0.293. The smallest absolute Gasteiger partial charge is 0.285 e. The Balaban J connectivity index is 2.20. The van der Waals surface area contributed by atoms with Crippen molar-refractivity contribution in [3.63, 3.8) is 0 Å². The summed E-state index contributed by atoms with van der Waals surface area (Å²) in [7, 11) is 4.79. The molecule has 0 fully saturated rings. The highest BCUT2D eigenvalue weighted by molar-refractivity contribution is 5.97. The molecule has 0 spiro atoms. The highest BCUT2D eigenvalue weighted by Crippen LogP contribution is 2.08. The van der Waals surface area contributed by atoms with Gasteiger partial charge in [-0.15, -0.1) is 0 Å². The molecule has 0 bridgehead atoms. The molecule has 1 aromatic rings. The van der Waals surface area contributed by atoms with Gasteiger partial charge in [0.25, 0.3) is 8.05 Å². The van der Waals surface area contributed by atoms with E-state index in [0.717, 1.165) is 5.75 Å². The third-order valence-corrected chi connectivity index (χ3v) is 1.55. The minimum absolute atomic E-state index is 0.0202. The first kappa shape index (κ1) is 11.1. The van der Waals surface area contributed by atoms with Crippen molar-refractivity contribution in [1.29, 1.82) is 0 Å². The number of ether oxygens (including phenoxy) is 2. The van der Waals surface area contributed by atoms with Crippen LogP contribution in [0.1, 0.15) is 0 Å². The first-order chi connectivity index (χ1) is 6.83. The van der Waals surface area contributed by atoms with E-state index in [9.17, 15) is 0 Å². The molecule has 0 saturated carbocycles. The predicted molar refractivity (Wildman–Crippen MR) is 53.9 cm³/mol. The number of hydrogen-bond donors (Lipinski definition) is 0. The molecule has 1 unspecified atom stereocenters. The average molecular weight is 191 g/mol. The second-order valence-corrected chi connectivity index (χ2v) is 2.70. The van der Waals surface area contributed by atoms with Gasteiger partial charge in [0.2, 0.25) is 0 Å². The Morgan fingerprint density at radius 1 is 1.29 bits per heavy atom. The van der Waals surface area contributed by atoms with Crippen LogP contribution in [0.4, 0.5) is 0 Å². The van der Waals surface area contributed by atoms with E-state index in [2.05, 4.69) is 11.6 Å². The highest BCUT2D eigenvalue weighted by Gasteiger charge is 2.02. The molecule has 1 rings (SSSR count). The fourth-order valence-corrected chi connectivity index (χ4v) is 0.890. The van der Waals surface area contributed by atoms with Crippen LogP contribution >= 0.6 is 0 Å². The zero-order chi connectivity index (χ0) is 10.2. The van der Waals surface area contributed by atoms with E-state index in [-0.39, 0.29) is 12.9 Å². The number of para-hydroxylation sites is 1. The summed E-state index contributed by atoms with van der Waals surface area (Å²) in [6, 6.07) is 9.46. The van der Waals surface area contributed by atoms with Crippen molar-refractivity contribution in [2.45, 2.75) is 6.10 Å². The summed E-state index contributed by atoms with van der Waals surface area (Å²) in [6.45, 7) is 4.10. The van der Waals surface area contributed by atoms with Gasteiger partial charge in [0, 0.05) is 0 Å². The van der Waals surface area contributed by atoms with E-state index >= 15 is 0 Å². The minimum Gasteiger partial charge on any atom is -0.491 e. The van der Waals surface area contributed by atoms with Crippen molar-refractivity contribution in [1.82, 2.24) is 0 Å². The van der Waals surface area contributed by atoms with Crippen molar-refractivity contribution >= 4 is 8.05 Å². The molecule has 0 saturated heterocycles. The summed E-state index contributed by atoms with van der Waals surface area (Å²) in [4.78, 5) is 0. The zero-order valence-corrected chi connectivity index (χ0v) is 7.89. The molecule has 73 valence electrons. The molecule has 0 aromatic heterocycles. The summed E-state index contributed by atoms with van der Waals surface area (Å²) in [5, 5.41) is 0. The molecule has 0 amide bonds. The summed E-state index contributed by atoms with van der Waals surface area (Å²) in [5.74, 6) is 0.790. The number of rotatable bonds is 6. The molecule has 1 aromatic carbocycles. The van der Waals surface area contributed by atoms with Gasteiger partial charge in [0.05, 0.1) is 6.10 Å². The van der Waals surface area contributed by atoms with Crippen LogP contribution in [-0.2, 0) is 9.39 Å². The quantitative estimate of drug-likeness (QED) is 0.501. The molecule has 0 aliphatic heterocycles. The van der Waals surface area contributed by atoms with Crippen molar-refractivity contribution in [3.05, 3.63) is 37.3 Å². The predicted octanol–water partition coefficient (Wildman–Crippen LogP) is 1.34. The van der Waals surface area contributed by atoms with Crippen molar-refractivity contribution in [2.24, 2.45) is 0 Å². The summed E-state index contributed by atoms with van der Waals surface area (Å²) < 4.78 is 14.7. The van der Waals surface area contributed by atoms with Gasteiger partial charge in [-0.25, -0.2) is 0 Å². The van der Waals surface area contributed by atoms with E-state index in [4.69, 9.17) is 17.5 Å². The SMILES string of the molecule is [B]OCOC([CH2])COc1ccccc1. The number of benzene rings is 1. The highest BCUT2D eigenvalue weighted by atomic mass is 16.6. The number of hydrogen-bond acceptors (Lipinski definition) is 3. The molecule has 1 atom stereocenters. The molecule has 14 heavy (non-hydrogen) atoms. The van der Waals surface area contributed by atoms with E-state index < -0.39 is 0 Å². The van der Waals surface area contributed by atoms with Gasteiger partial charge in [0.15, 0.2) is 0 Å². The lowest BCUT2D eigenvalue weighted by molar-refractivity contribution is -0.0298. The molecule has 0 N–H and O–H groups in total. The summed E-state index contributed by atoms with van der Waals surface area (Å²) >= 11 is 0. The van der Waals surface area contributed by atoms with Crippen LogP contribution in [-0.4, -0.2) is 27.6 Å². The normalized spacial score (nSPS) is 12.4. The standard InChI is InChI=1S/C10H12BO3/c1-9(13-8-14-11)7-12-10-5-3-2-4-6-10/h2-6,9H,1,7-8H2.